The number of esters is 1. The number of furan rings is 1. The third-order valence-corrected chi connectivity index (χ3v) is 4.91. The van der Waals surface area contributed by atoms with E-state index >= 15 is 0 Å². The van der Waals surface area contributed by atoms with Gasteiger partial charge in [-0.2, -0.15) is 0 Å². The van der Waals surface area contributed by atoms with E-state index in [0.29, 0.717) is 5.76 Å². The number of amides is 2. The van der Waals surface area contributed by atoms with Crippen molar-refractivity contribution in [2.75, 3.05) is 13.7 Å². The van der Waals surface area contributed by atoms with Gasteiger partial charge >= 0.3 is 5.97 Å². The third kappa shape index (κ3) is 3.87. The van der Waals surface area contributed by atoms with E-state index in [4.69, 9.17) is 13.9 Å². The number of imide groups is 1. The topological polar surface area (TPSA) is 103 Å². The van der Waals surface area contributed by atoms with Crippen molar-refractivity contribution < 1.29 is 37.5 Å². The van der Waals surface area contributed by atoms with Crippen molar-refractivity contribution in [3.63, 3.8) is 0 Å². The minimum atomic E-state index is -0.861. The number of methoxy groups -OCH3 is 1. The molecule has 0 fully saturated rings. The van der Waals surface area contributed by atoms with Gasteiger partial charge in [-0.3, -0.25) is 19.3 Å². The zero-order valence-corrected chi connectivity index (χ0v) is 16.8. The predicted molar refractivity (Wildman–Crippen MR) is 107 cm³/mol. The molecule has 2 amide bonds. The number of fused-ring (bicyclic) bond motifs is 1. The molecule has 0 aliphatic carbocycles. The van der Waals surface area contributed by atoms with Crippen LogP contribution in [0.15, 0.2) is 59.2 Å². The Balaban J connectivity index is 1.44. The van der Waals surface area contributed by atoms with Gasteiger partial charge < -0.3 is 13.9 Å². The third-order valence-electron chi connectivity index (χ3n) is 4.91. The van der Waals surface area contributed by atoms with Crippen LogP contribution in [0, 0.1) is 5.82 Å². The fourth-order valence-electron chi connectivity index (χ4n) is 3.26. The number of hydrogen-bond acceptors (Lipinski definition) is 7. The second-order valence-corrected chi connectivity index (χ2v) is 6.88. The molecule has 0 bridgehead atoms. The SMILES string of the molecule is COc1ccc(C(=O)COC(=O)c2ccc3c(c2)C(=O)N(Cc2ccco2)C3=O)cc1F. The van der Waals surface area contributed by atoms with Crippen molar-refractivity contribution in [2.45, 2.75) is 6.54 Å². The van der Waals surface area contributed by atoms with Crippen molar-refractivity contribution in [3.8, 4) is 5.75 Å². The second-order valence-electron chi connectivity index (χ2n) is 6.88. The maximum Gasteiger partial charge on any atom is 0.338 e. The Hall–Kier alpha value is -4.27. The van der Waals surface area contributed by atoms with Gasteiger partial charge in [0.05, 0.1) is 36.6 Å². The molecular formula is C23H16FNO7. The number of ether oxygens (including phenoxy) is 2. The molecular weight excluding hydrogens is 421 g/mol. The number of benzene rings is 2. The summed E-state index contributed by atoms with van der Waals surface area (Å²) < 4.78 is 28.7. The molecule has 1 aromatic heterocycles. The predicted octanol–water partition coefficient (Wildman–Crippen LogP) is 3.26. The number of halogens is 1. The number of rotatable bonds is 7. The van der Waals surface area contributed by atoms with Crippen molar-refractivity contribution in [2.24, 2.45) is 0 Å². The molecule has 162 valence electrons. The summed E-state index contributed by atoms with van der Waals surface area (Å²) in [5.41, 5.74) is 0.223. The summed E-state index contributed by atoms with van der Waals surface area (Å²) in [7, 11) is 1.30. The number of hydrogen-bond donors (Lipinski definition) is 0. The van der Waals surface area contributed by atoms with Gasteiger partial charge in [-0.25, -0.2) is 9.18 Å². The highest BCUT2D eigenvalue weighted by atomic mass is 19.1. The van der Waals surface area contributed by atoms with Crippen LogP contribution in [0.5, 0.6) is 5.75 Å². The number of ketones is 1. The van der Waals surface area contributed by atoms with Gasteiger partial charge in [0.15, 0.2) is 24.0 Å². The molecule has 0 saturated heterocycles. The van der Waals surface area contributed by atoms with Crippen molar-refractivity contribution in [1.29, 1.82) is 0 Å². The maximum atomic E-state index is 13.8. The first-order valence-electron chi connectivity index (χ1n) is 9.45. The van der Waals surface area contributed by atoms with Crippen LogP contribution in [0.2, 0.25) is 0 Å². The van der Waals surface area contributed by atoms with Gasteiger partial charge in [-0.1, -0.05) is 0 Å². The summed E-state index contributed by atoms with van der Waals surface area (Å²) in [5, 5.41) is 0. The summed E-state index contributed by atoms with van der Waals surface area (Å²) >= 11 is 0. The first kappa shape index (κ1) is 21.0. The van der Waals surface area contributed by atoms with Crippen molar-refractivity contribution in [1.82, 2.24) is 4.90 Å². The van der Waals surface area contributed by atoms with Crippen molar-refractivity contribution in [3.05, 3.63) is 88.6 Å². The first-order valence-corrected chi connectivity index (χ1v) is 9.45. The van der Waals surface area contributed by atoms with Crippen LogP contribution in [0.1, 0.15) is 47.2 Å². The maximum absolute atomic E-state index is 13.8. The summed E-state index contributed by atoms with van der Waals surface area (Å²) in [6.45, 7) is -0.661. The lowest BCUT2D eigenvalue weighted by Crippen LogP contribution is -2.28. The molecule has 2 heterocycles. The molecule has 0 radical (unpaired) electrons. The van der Waals surface area contributed by atoms with E-state index in [2.05, 4.69) is 0 Å². The van der Waals surface area contributed by atoms with Crippen LogP contribution in [0.3, 0.4) is 0 Å². The summed E-state index contributed by atoms with van der Waals surface area (Å²) in [4.78, 5) is 50.8. The summed E-state index contributed by atoms with van der Waals surface area (Å²) in [5.74, 6) is -2.84. The van der Waals surface area contributed by atoms with Crippen molar-refractivity contribution >= 4 is 23.6 Å². The Kier molecular flexibility index (Phi) is 5.55. The number of Topliss-reactive ketones (excluding diaryl/α,β-unsaturated/α-hetero) is 1. The van der Waals surface area contributed by atoms with Gasteiger partial charge in [-0.15, -0.1) is 0 Å². The summed E-state index contributed by atoms with van der Waals surface area (Å²) in [6, 6.07) is 10.9. The molecule has 3 aromatic rings. The zero-order valence-electron chi connectivity index (χ0n) is 16.8. The normalized spacial score (nSPS) is 12.6. The fourth-order valence-corrected chi connectivity index (χ4v) is 3.26. The van der Waals surface area contributed by atoms with Gasteiger partial charge in [0.2, 0.25) is 0 Å². The number of carbonyl (C=O) groups excluding carboxylic acids is 4. The zero-order chi connectivity index (χ0) is 22.8. The lowest BCUT2D eigenvalue weighted by atomic mass is 10.1. The van der Waals surface area contributed by atoms with Crippen LogP contribution in [-0.2, 0) is 11.3 Å². The first-order chi connectivity index (χ1) is 15.4. The molecule has 32 heavy (non-hydrogen) atoms. The highest BCUT2D eigenvalue weighted by molar-refractivity contribution is 6.21. The molecule has 4 rings (SSSR count). The van der Waals surface area contributed by atoms with Crippen LogP contribution in [-0.4, -0.2) is 42.2 Å². The van der Waals surface area contributed by atoms with E-state index in [0.717, 1.165) is 11.0 Å². The van der Waals surface area contributed by atoms with Crippen LogP contribution in [0.25, 0.3) is 0 Å². The molecule has 9 heteroatoms. The largest absolute Gasteiger partial charge is 0.494 e. The van der Waals surface area contributed by atoms with E-state index < -0.39 is 36.0 Å². The van der Waals surface area contributed by atoms with Crippen LogP contribution < -0.4 is 4.74 Å². The minimum absolute atomic E-state index is 0.00143. The Morgan fingerprint density at radius 2 is 1.75 bits per heavy atom. The molecule has 1 aliphatic heterocycles. The van der Waals surface area contributed by atoms with Gasteiger partial charge in [0.25, 0.3) is 11.8 Å². The van der Waals surface area contributed by atoms with E-state index in [1.54, 1.807) is 12.1 Å². The standard InChI is InChI=1S/C23H16FNO7/c1-30-20-7-5-13(10-18(20)24)19(26)12-32-23(29)14-4-6-16-17(9-14)22(28)25(21(16)27)11-15-3-2-8-31-15/h2-10H,11-12H2,1H3. The van der Waals surface area contributed by atoms with Gasteiger partial charge in [0.1, 0.15) is 5.76 Å². The number of carbonyl (C=O) groups is 4. The molecule has 8 nitrogen and oxygen atoms in total. The summed E-state index contributed by atoms with van der Waals surface area (Å²) in [6.07, 6.45) is 1.43. The van der Waals surface area contributed by atoms with E-state index in [9.17, 15) is 23.6 Å². The highest BCUT2D eigenvalue weighted by Crippen LogP contribution is 2.26. The molecule has 0 spiro atoms. The molecule has 0 atom stereocenters. The van der Waals surface area contributed by atoms with Gasteiger partial charge in [0, 0.05) is 5.56 Å². The highest BCUT2D eigenvalue weighted by Gasteiger charge is 2.36. The molecule has 0 N–H and O–H groups in total. The molecule has 2 aromatic carbocycles. The average molecular weight is 437 g/mol. The van der Waals surface area contributed by atoms with Gasteiger partial charge in [-0.05, 0) is 48.5 Å². The average Bonchev–Trinajstić information content (AvgIpc) is 3.40. The van der Waals surface area contributed by atoms with Crippen LogP contribution in [0.4, 0.5) is 4.39 Å². The quantitative estimate of drug-likeness (QED) is 0.318. The molecule has 0 unspecified atom stereocenters. The lowest BCUT2D eigenvalue weighted by molar-refractivity contribution is 0.0474. The molecule has 0 saturated carbocycles. The smallest absolute Gasteiger partial charge is 0.338 e. The van der Waals surface area contributed by atoms with E-state index in [1.165, 1.54) is 43.7 Å². The van der Waals surface area contributed by atoms with E-state index in [1.807, 2.05) is 0 Å². The Morgan fingerprint density at radius 1 is 1.00 bits per heavy atom. The Bertz CT molecular complexity index is 1230. The monoisotopic (exact) mass is 437 g/mol. The molecule has 1 aliphatic rings. The Morgan fingerprint density at radius 3 is 2.44 bits per heavy atom. The fraction of sp³-hybridized carbons (Fsp3) is 0.130. The second kappa shape index (κ2) is 8.46. The Labute approximate surface area is 181 Å². The van der Waals surface area contributed by atoms with E-state index in [-0.39, 0.29) is 34.5 Å². The lowest BCUT2D eigenvalue weighted by Gasteiger charge is -2.11. The minimum Gasteiger partial charge on any atom is -0.494 e. The van der Waals surface area contributed by atoms with Crippen LogP contribution >= 0.6 is 0 Å². The number of nitrogens with zero attached hydrogens (tertiary/aromatic N) is 1.